The van der Waals surface area contributed by atoms with E-state index in [4.69, 9.17) is 4.74 Å². The fourth-order valence-electron chi connectivity index (χ4n) is 3.65. The SMILES string of the molecule is CCOC(=O)N1CCN(CC(=O)NC2CCCc3ccccc32)CC1. The highest BCUT2D eigenvalue weighted by Gasteiger charge is 2.25. The van der Waals surface area contributed by atoms with Crippen molar-refractivity contribution in [2.45, 2.75) is 32.2 Å². The van der Waals surface area contributed by atoms with Crippen LogP contribution < -0.4 is 5.32 Å². The molecule has 6 nitrogen and oxygen atoms in total. The first-order chi connectivity index (χ1) is 12.2. The van der Waals surface area contributed by atoms with Crippen LogP contribution in [-0.2, 0) is 16.0 Å². The maximum Gasteiger partial charge on any atom is 0.409 e. The van der Waals surface area contributed by atoms with Crippen molar-refractivity contribution in [2.24, 2.45) is 0 Å². The van der Waals surface area contributed by atoms with Crippen LogP contribution in [0.25, 0.3) is 0 Å². The van der Waals surface area contributed by atoms with E-state index in [-0.39, 0.29) is 18.0 Å². The second kappa shape index (κ2) is 8.34. The molecule has 1 atom stereocenters. The Hall–Kier alpha value is -2.08. The number of piperazine rings is 1. The molecule has 1 aromatic carbocycles. The Balaban J connectivity index is 1.47. The number of fused-ring (bicyclic) bond motifs is 1. The van der Waals surface area contributed by atoms with Gasteiger partial charge in [0, 0.05) is 26.2 Å². The number of hydrogen-bond donors (Lipinski definition) is 1. The summed E-state index contributed by atoms with van der Waals surface area (Å²) < 4.78 is 5.02. The van der Waals surface area contributed by atoms with E-state index in [1.165, 1.54) is 11.1 Å². The van der Waals surface area contributed by atoms with Gasteiger partial charge in [0.15, 0.2) is 0 Å². The van der Waals surface area contributed by atoms with E-state index in [0.29, 0.717) is 39.3 Å². The van der Waals surface area contributed by atoms with Crippen LogP contribution in [0.4, 0.5) is 4.79 Å². The van der Waals surface area contributed by atoms with Crippen LogP contribution in [0.15, 0.2) is 24.3 Å². The van der Waals surface area contributed by atoms with Gasteiger partial charge in [-0.15, -0.1) is 0 Å². The Morgan fingerprint density at radius 1 is 1.20 bits per heavy atom. The van der Waals surface area contributed by atoms with Crippen LogP contribution in [0.3, 0.4) is 0 Å². The van der Waals surface area contributed by atoms with E-state index in [1.54, 1.807) is 4.90 Å². The van der Waals surface area contributed by atoms with Gasteiger partial charge in [0.25, 0.3) is 0 Å². The largest absolute Gasteiger partial charge is 0.450 e. The molecule has 0 saturated carbocycles. The predicted molar refractivity (Wildman–Crippen MR) is 95.3 cm³/mol. The minimum absolute atomic E-state index is 0.0614. The highest BCUT2D eigenvalue weighted by Crippen LogP contribution is 2.29. The Labute approximate surface area is 149 Å². The lowest BCUT2D eigenvalue weighted by atomic mass is 9.88. The number of carbonyl (C=O) groups excluding carboxylic acids is 2. The quantitative estimate of drug-likeness (QED) is 0.906. The Bertz CT molecular complexity index is 612. The molecular weight excluding hydrogens is 318 g/mol. The smallest absolute Gasteiger partial charge is 0.409 e. The van der Waals surface area contributed by atoms with Crippen molar-refractivity contribution in [3.8, 4) is 0 Å². The van der Waals surface area contributed by atoms with Gasteiger partial charge in [0.2, 0.25) is 5.91 Å². The van der Waals surface area contributed by atoms with E-state index in [0.717, 1.165) is 19.3 Å². The lowest BCUT2D eigenvalue weighted by molar-refractivity contribution is -0.123. The number of rotatable bonds is 4. The molecule has 1 aromatic rings. The summed E-state index contributed by atoms with van der Waals surface area (Å²) in [4.78, 5) is 28.0. The van der Waals surface area contributed by atoms with Crippen LogP contribution >= 0.6 is 0 Å². The molecule has 0 radical (unpaired) electrons. The summed E-state index contributed by atoms with van der Waals surface area (Å²) in [6.45, 7) is 5.21. The first-order valence-electron chi connectivity index (χ1n) is 9.18. The van der Waals surface area contributed by atoms with Gasteiger partial charge in [-0.1, -0.05) is 24.3 Å². The third-order valence-electron chi connectivity index (χ3n) is 4.97. The number of amides is 2. The molecule has 1 N–H and O–H groups in total. The monoisotopic (exact) mass is 345 g/mol. The zero-order valence-electron chi connectivity index (χ0n) is 14.9. The van der Waals surface area contributed by atoms with Crippen molar-refractivity contribution in [2.75, 3.05) is 39.3 Å². The lowest BCUT2D eigenvalue weighted by Gasteiger charge is -2.34. The van der Waals surface area contributed by atoms with Crippen molar-refractivity contribution in [1.82, 2.24) is 15.1 Å². The first-order valence-corrected chi connectivity index (χ1v) is 9.18. The van der Waals surface area contributed by atoms with Gasteiger partial charge >= 0.3 is 6.09 Å². The molecule has 2 aliphatic rings. The predicted octanol–water partition coefficient (Wildman–Crippen LogP) is 1.95. The zero-order chi connectivity index (χ0) is 17.6. The maximum atomic E-state index is 12.4. The molecule has 1 saturated heterocycles. The van der Waals surface area contributed by atoms with Gasteiger partial charge in [0.1, 0.15) is 0 Å². The highest BCUT2D eigenvalue weighted by atomic mass is 16.6. The molecule has 1 aliphatic heterocycles. The normalized spacial score (nSPS) is 20.7. The fourth-order valence-corrected chi connectivity index (χ4v) is 3.65. The van der Waals surface area contributed by atoms with Gasteiger partial charge in [-0.25, -0.2) is 4.79 Å². The number of nitrogens with one attached hydrogen (secondary N) is 1. The minimum atomic E-state index is -0.259. The summed E-state index contributed by atoms with van der Waals surface area (Å²) in [5.74, 6) is 0.0614. The molecule has 1 aliphatic carbocycles. The fraction of sp³-hybridized carbons (Fsp3) is 0.579. The summed E-state index contributed by atoms with van der Waals surface area (Å²) >= 11 is 0. The van der Waals surface area contributed by atoms with E-state index in [2.05, 4.69) is 28.4 Å². The Morgan fingerprint density at radius 3 is 2.72 bits per heavy atom. The molecule has 1 unspecified atom stereocenters. The van der Waals surface area contributed by atoms with Crippen molar-refractivity contribution >= 4 is 12.0 Å². The molecule has 6 heteroatoms. The zero-order valence-corrected chi connectivity index (χ0v) is 14.9. The number of benzene rings is 1. The molecule has 2 amide bonds. The molecule has 3 rings (SSSR count). The Kier molecular flexibility index (Phi) is 5.91. The van der Waals surface area contributed by atoms with Crippen LogP contribution in [0, 0.1) is 0 Å². The Morgan fingerprint density at radius 2 is 1.96 bits per heavy atom. The number of carbonyl (C=O) groups is 2. The topological polar surface area (TPSA) is 61.9 Å². The van der Waals surface area contributed by atoms with Crippen molar-refractivity contribution in [1.29, 1.82) is 0 Å². The lowest BCUT2D eigenvalue weighted by Crippen LogP contribution is -2.51. The molecule has 0 bridgehead atoms. The molecular formula is C19H27N3O3. The molecule has 0 spiro atoms. The van der Waals surface area contributed by atoms with Crippen molar-refractivity contribution < 1.29 is 14.3 Å². The second-order valence-corrected chi connectivity index (χ2v) is 6.67. The number of nitrogens with zero attached hydrogens (tertiary/aromatic N) is 2. The average Bonchev–Trinajstić information content (AvgIpc) is 2.63. The van der Waals surface area contributed by atoms with Crippen molar-refractivity contribution in [3.05, 3.63) is 35.4 Å². The van der Waals surface area contributed by atoms with E-state index in [9.17, 15) is 9.59 Å². The number of ether oxygens (including phenoxy) is 1. The summed E-state index contributed by atoms with van der Waals surface area (Å²) in [5, 5.41) is 3.19. The second-order valence-electron chi connectivity index (χ2n) is 6.67. The highest BCUT2D eigenvalue weighted by molar-refractivity contribution is 5.78. The van der Waals surface area contributed by atoms with Crippen LogP contribution in [-0.4, -0.2) is 61.1 Å². The third-order valence-corrected chi connectivity index (χ3v) is 4.97. The molecule has 25 heavy (non-hydrogen) atoms. The van der Waals surface area contributed by atoms with Gasteiger partial charge < -0.3 is 15.0 Å². The van der Waals surface area contributed by atoms with E-state index >= 15 is 0 Å². The van der Waals surface area contributed by atoms with Crippen LogP contribution in [0.1, 0.15) is 36.9 Å². The van der Waals surface area contributed by atoms with E-state index in [1.807, 2.05) is 13.0 Å². The van der Waals surface area contributed by atoms with Crippen LogP contribution in [0.5, 0.6) is 0 Å². The molecule has 136 valence electrons. The summed E-state index contributed by atoms with van der Waals surface area (Å²) in [5.41, 5.74) is 2.61. The van der Waals surface area contributed by atoms with E-state index < -0.39 is 0 Å². The van der Waals surface area contributed by atoms with Crippen molar-refractivity contribution in [3.63, 3.8) is 0 Å². The van der Waals surface area contributed by atoms with Gasteiger partial charge in [-0.2, -0.15) is 0 Å². The first kappa shape index (κ1) is 17.7. The number of aryl methyl sites for hydroxylation is 1. The third kappa shape index (κ3) is 4.51. The van der Waals surface area contributed by atoms with Gasteiger partial charge in [0.05, 0.1) is 19.2 Å². The van der Waals surface area contributed by atoms with Crippen LogP contribution in [0.2, 0.25) is 0 Å². The maximum absolute atomic E-state index is 12.4. The number of hydrogen-bond acceptors (Lipinski definition) is 4. The molecule has 0 aromatic heterocycles. The standard InChI is InChI=1S/C19H27N3O3/c1-2-25-19(24)22-12-10-21(11-13-22)14-18(23)20-17-9-5-7-15-6-3-4-8-16(15)17/h3-4,6,8,17H,2,5,7,9-14H2,1H3,(H,20,23). The molecule has 1 heterocycles. The summed E-state index contributed by atoms with van der Waals surface area (Å²) in [7, 11) is 0. The van der Waals surface area contributed by atoms with Gasteiger partial charge in [-0.3, -0.25) is 9.69 Å². The minimum Gasteiger partial charge on any atom is -0.450 e. The summed E-state index contributed by atoms with van der Waals surface area (Å²) in [6, 6.07) is 8.50. The summed E-state index contributed by atoms with van der Waals surface area (Å²) in [6.07, 6.45) is 2.95. The average molecular weight is 345 g/mol. The molecule has 1 fully saturated rings. The van der Waals surface area contributed by atoms with Gasteiger partial charge in [-0.05, 0) is 37.3 Å².